The maximum atomic E-state index is 13.6. The second kappa shape index (κ2) is 11.7. The van der Waals surface area contributed by atoms with Crippen molar-refractivity contribution in [3.05, 3.63) is 95.6 Å². The summed E-state index contributed by atoms with van der Waals surface area (Å²) in [7, 11) is 1.56. The van der Waals surface area contributed by atoms with Crippen molar-refractivity contribution in [1.29, 1.82) is 0 Å². The monoisotopic (exact) mass is 458 g/mol. The Morgan fingerprint density at radius 3 is 2.24 bits per heavy atom. The summed E-state index contributed by atoms with van der Waals surface area (Å²) in [6, 6.07) is 26.2. The lowest BCUT2D eigenvalue weighted by molar-refractivity contribution is -0.137. The number of phenols is 1. The molecule has 1 N–H and O–H groups in total. The summed E-state index contributed by atoms with van der Waals surface area (Å²) in [6.07, 6.45) is 2.52. The van der Waals surface area contributed by atoms with Gasteiger partial charge in [-0.15, -0.1) is 0 Å². The minimum absolute atomic E-state index is 0.0367. The third-order valence-corrected chi connectivity index (χ3v) is 6.67. The van der Waals surface area contributed by atoms with Crippen molar-refractivity contribution in [2.45, 2.75) is 32.4 Å². The van der Waals surface area contributed by atoms with Gasteiger partial charge in [-0.25, -0.2) is 0 Å². The zero-order valence-electron chi connectivity index (χ0n) is 19.9. The Balaban J connectivity index is 1.37. The van der Waals surface area contributed by atoms with Crippen LogP contribution in [0.15, 0.2) is 78.9 Å². The molecule has 3 aromatic rings. The van der Waals surface area contributed by atoms with Gasteiger partial charge >= 0.3 is 0 Å². The number of amides is 1. The minimum atomic E-state index is 0.0367. The van der Waals surface area contributed by atoms with Crippen LogP contribution >= 0.6 is 0 Å². The van der Waals surface area contributed by atoms with Gasteiger partial charge in [-0.1, -0.05) is 72.8 Å². The Labute approximate surface area is 202 Å². The molecule has 34 heavy (non-hydrogen) atoms. The quantitative estimate of drug-likeness (QED) is 0.496. The molecule has 1 heterocycles. The first-order valence-corrected chi connectivity index (χ1v) is 12.1. The molecule has 0 unspecified atom stereocenters. The molecule has 1 fully saturated rings. The highest BCUT2D eigenvalue weighted by Crippen LogP contribution is 2.31. The van der Waals surface area contributed by atoms with Gasteiger partial charge in [-0.05, 0) is 49.5 Å². The van der Waals surface area contributed by atoms with Crippen LogP contribution in [0.5, 0.6) is 11.5 Å². The smallest absolute Gasteiger partial charge is 0.226 e. The average Bonchev–Trinajstić information content (AvgIpc) is 2.89. The van der Waals surface area contributed by atoms with E-state index in [0.29, 0.717) is 18.8 Å². The summed E-state index contributed by atoms with van der Waals surface area (Å²) in [5.74, 6) is 0.994. The van der Waals surface area contributed by atoms with Crippen molar-refractivity contribution in [3.63, 3.8) is 0 Å². The fourth-order valence-electron chi connectivity index (χ4n) is 4.68. The van der Waals surface area contributed by atoms with Gasteiger partial charge in [-0.3, -0.25) is 9.69 Å². The van der Waals surface area contributed by atoms with Crippen molar-refractivity contribution < 1.29 is 14.6 Å². The minimum Gasteiger partial charge on any atom is -0.504 e. The van der Waals surface area contributed by atoms with Gasteiger partial charge in [0.15, 0.2) is 11.5 Å². The Morgan fingerprint density at radius 2 is 1.59 bits per heavy atom. The number of phenolic OH excluding ortho intramolecular Hbond substituents is 1. The number of para-hydroxylation sites is 1. The number of carbonyl (C=O) groups excluding carboxylic acids is 1. The summed E-state index contributed by atoms with van der Waals surface area (Å²) in [5.41, 5.74) is 3.27. The number of hydrogen-bond acceptors (Lipinski definition) is 4. The second-order valence-corrected chi connectivity index (χ2v) is 9.00. The molecule has 178 valence electrons. The van der Waals surface area contributed by atoms with Gasteiger partial charge < -0.3 is 14.7 Å². The van der Waals surface area contributed by atoms with E-state index in [1.54, 1.807) is 13.2 Å². The van der Waals surface area contributed by atoms with Crippen LogP contribution in [-0.2, 0) is 24.3 Å². The number of carbonyl (C=O) groups is 1. The predicted molar refractivity (Wildman–Crippen MR) is 135 cm³/mol. The van der Waals surface area contributed by atoms with Gasteiger partial charge in [0.25, 0.3) is 0 Å². The number of ether oxygens (including phenoxy) is 1. The van der Waals surface area contributed by atoms with Crippen LogP contribution < -0.4 is 4.74 Å². The van der Waals surface area contributed by atoms with Crippen LogP contribution in [-0.4, -0.2) is 47.6 Å². The van der Waals surface area contributed by atoms with Gasteiger partial charge in [0, 0.05) is 31.1 Å². The topological polar surface area (TPSA) is 53.0 Å². The highest BCUT2D eigenvalue weighted by atomic mass is 16.5. The van der Waals surface area contributed by atoms with Crippen molar-refractivity contribution >= 4 is 5.91 Å². The third kappa shape index (κ3) is 6.17. The van der Waals surface area contributed by atoms with Crippen LogP contribution in [0.2, 0.25) is 0 Å². The van der Waals surface area contributed by atoms with Gasteiger partial charge in [0.1, 0.15) is 0 Å². The Kier molecular flexibility index (Phi) is 8.21. The molecule has 0 aliphatic carbocycles. The molecule has 5 nitrogen and oxygen atoms in total. The molecule has 0 aromatic heterocycles. The number of piperidine rings is 1. The van der Waals surface area contributed by atoms with E-state index in [1.807, 2.05) is 41.3 Å². The maximum absolute atomic E-state index is 13.6. The van der Waals surface area contributed by atoms with Crippen molar-refractivity contribution in [1.82, 2.24) is 9.80 Å². The Morgan fingerprint density at radius 1 is 0.941 bits per heavy atom. The summed E-state index contributed by atoms with van der Waals surface area (Å²) in [4.78, 5) is 17.9. The second-order valence-electron chi connectivity index (χ2n) is 9.00. The lowest BCUT2D eigenvalue weighted by atomic mass is 9.94. The molecule has 1 saturated heterocycles. The molecule has 0 bridgehead atoms. The van der Waals surface area contributed by atoms with E-state index in [0.717, 1.165) is 50.0 Å². The van der Waals surface area contributed by atoms with E-state index in [2.05, 4.69) is 41.3 Å². The van der Waals surface area contributed by atoms with E-state index in [9.17, 15) is 9.90 Å². The Hall–Kier alpha value is -3.31. The number of benzene rings is 3. The molecule has 5 heteroatoms. The first-order valence-electron chi connectivity index (χ1n) is 12.1. The number of aromatic hydroxyl groups is 1. The standard InChI is InChI=1S/C29H34N2O3/c1-34-27-14-8-13-26(28(27)32)22-30-18-16-25(17-19-30)29(33)31(21-24-11-6-3-7-12-24)20-15-23-9-4-2-5-10-23/h2-14,25,32H,15-22H2,1H3. The van der Waals surface area contributed by atoms with Crippen molar-refractivity contribution in [3.8, 4) is 11.5 Å². The van der Waals surface area contributed by atoms with Crippen LogP contribution in [0.1, 0.15) is 29.5 Å². The SMILES string of the molecule is COc1cccc(CN2CCC(C(=O)N(CCc3ccccc3)Cc3ccccc3)CC2)c1O. The first-order chi connectivity index (χ1) is 16.6. The molecule has 0 atom stereocenters. The molecule has 1 aliphatic heterocycles. The molecule has 1 amide bonds. The van der Waals surface area contributed by atoms with Crippen molar-refractivity contribution in [2.24, 2.45) is 5.92 Å². The van der Waals surface area contributed by atoms with Gasteiger partial charge in [-0.2, -0.15) is 0 Å². The van der Waals surface area contributed by atoms with Gasteiger partial charge in [0.2, 0.25) is 5.91 Å². The van der Waals surface area contributed by atoms with Crippen LogP contribution in [0, 0.1) is 5.92 Å². The van der Waals surface area contributed by atoms with E-state index < -0.39 is 0 Å². The van der Waals surface area contributed by atoms with E-state index in [1.165, 1.54) is 5.56 Å². The molecular weight excluding hydrogens is 424 g/mol. The molecule has 1 aliphatic rings. The highest BCUT2D eigenvalue weighted by Gasteiger charge is 2.29. The first kappa shape index (κ1) is 23.8. The number of nitrogens with zero attached hydrogens (tertiary/aromatic N) is 2. The number of hydrogen-bond donors (Lipinski definition) is 1. The fourth-order valence-corrected chi connectivity index (χ4v) is 4.68. The zero-order chi connectivity index (χ0) is 23.8. The number of likely N-dealkylation sites (tertiary alicyclic amines) is 1. The van der Waals surface area contributed by atoms with Crippen LogP contribution in [0.3, 0.4) is 0 Å². The normalized spacial score (nSPS) is 14.6. The largest absolute Gasteiger partial charge is 0.504 e. The lowest BCUT2D eigenvalue weighted by Gasteiger charge is -2.34. The summed E-state index contributed by atoms with van der Waals surface area (Å²) >= 11 is 0. The molecule has 4 rings (SSSR count). The highest BCUT2D eigenvalue weighted by molar-refractivity contribution is 5.79. The maximum Gasteiger partial charge on any atom is 0.226 e. The summed E-state index contributed by atoms with van der Waals surface area (Å²) in [6.45, 7) is 3.70. The van der Waals surface area contributed by atoms with Gasteiger partial charge in [0.05, 0.1) is 7.11 Å². The van der Waals surface area contributed by atoms with E-state index in [-0.39, 0.29) is 17.6 Å². The molecule has 0 radical (unpaired) electrons. The summed E-state index contributed by atoms with van der Waals surface area (Å²) < 4.78 is 5.23. The molecule has 0 saturated carbocycles. The van der Waals surface area contributed by atoms with Crippen LogP contribution in [0.25, 0.3) is 0 Å². The molecule has 3 aromatic carbocycles. The third-order valence-electron chi connectivity index (χ3n) is 6.67. The van der Waals surface area contributed by atoms with E-state index >= 15 is 0 Å². The molecular formula is C29H34N2O3. The average molecular weight is 459 g/mol. The molecule has 0 spiro atoms. The van der Waals surface area contributed by atoms with E-state index in [4.69, 9.17) is 4.74 Å². The fraction of sp³-hybridized carbons (Fsp3) is 0.345. The zero-order valence-corrected chi connectivity index (χ0v) is 19.9. The van der Waals surface area contributed by atoms with Crippen LogP contribution in [0.4, 0.5) is 0 Å². The van der Waals surface area contributed by atoms with Crippen molar-refractivity contribution in [2.75, 3.05) is 26.7 Å². The Bertz CT molecular complexity index is 1050. The number of rotatable bonds is 9. The summed E-state index contributed by atoms with van der Waals surface area (Å²) in [5, 5.41) is 10.4. The predicted octanol–water partition coefficient (Wildman–Crippen LogP) is 4.88. The lowest BCUT2D eigenvalue weighted by Crippen LogP contribution is -2.42. The number of methoxy groups -OCH3 is 1.